The lowest BCUT2D eigenvalue weighted by Gasteiger charge is -2.22. The van der Waals surface area contributed by atoms with Crippen LogP contribution >= 0.6 is 0 Å². The van der Waals surface area contributed by atoms with Gasteiger partial charge in [0.05, 0.1) is 24.5 Å². The predicted molar refractivity (Wildman–Crippen MR) is 72.4 cm³/mol. The van der Waals surface area contributed by atoms with E-state index >= 15 is 0 Å². The van der Waals surface area contributed by atoms with E-state index in [-0.39, 0.29) is 18.3 Å². The van der Waals surface area contributed by atoms with Gasteiger partial charge >= 0.3 is 0 Å². The van der Waals surface area contributed by atoms with Gasteiger partial charge in [0.2, 0.25) is 15.9 Å². The van der Waals surface area contributed by atoms with Gasteiger partial charge in [-0.05, 0) is 24.8 Å². The van der Waals surface area contributed by atoms with Gasteiger partial charge in [-0.3, -0.25) is 14.2 Å². The highest BCUT2D eigenvalue weighted by Gasteiger charge is 2.23. The highest BCUT2D eigenvalue weighted by molar-refractivity contribution is 7.90. The molecule has 2 rings (SSSR count). The Labute approximate surface area is 118 Å². The molecule has 0 aliphatic carbocycles. The smallest absolute Gasteiger partial charge is 0.237 e. The molecule has 7 nitrogen and oxygen atoms in total. The Morgan fingerprint density at radius 3 is 2.95 bits per heavy atom. The monoisotopic (exact) mass is 301 g/mol. The highest BCUT2D eigenvalue weighted by Crippen LogP contribution is 2.14. The maximum absolute atomic E-state index is 11.9. The number of carbonyl (C=O) groups is 1. The molecule has 1 atom stereocenters. The van der Waals surface area contributed by atoms with Gasteiger partial charge in [0, 0.05) is 19.9 Å². The lowest BCUT2D eigenvalue weighted by molar-refractivity contribution is -0.118. The average molecular weight is 301 g/mol. The largest absolute Gasteiger partial charge is 0.377 e. The van der Waals surface area contributed by atoms with Gasteiger partial charge in [0.15, 0.2) is 0 Å². The first kappa shape index (κ1) is 15.0. The minimum atomic E-state index is -3.65. The van der Waals surface area contributed by atoms with Gasteiger partial charge < -0.3 is 4.74 Å². The van der Waals surface area contributed by atoms with Gasteiger partial charge in [0.25, 0.3) is 0 Å². The zero-order chi connectivity index (χ0) is 14.6. The second kappa shape index (κ2) is 6.36. The summed E-state index contributed by atoms with van der Waals surface area (Å²) in [5, 5.41) is 3.93. The third-order valence-corrected chi connectivity index (χ3v) is 4.42. The Morgan fingerprint density at radius 2 is 2.35 bits per heavy atom. The molecule has 1 aromatic heterocycles. The third kappa shape index (κ3) is 4.61. The Morgan fingerprint density at radius 1 is 1.55 bits per heavy atom. The van der Waals surface area contributed by atoms with E-state index in [1.54, 1.807) is 17.9 Å². The molecule has 0 saturated carbocycles. The second-order valence-electron chi connectivity index (χ2n) is 4.99. The van der Waals surface area contributed by atoms with E-state index in [0.717, 1.165) is 19.3 Å². The van der Waals surface area contributed by atoms with E-state index in [1.165, 1.54) is 6.20 Å². The molecule has 0 bridgehead atoms. The van der Waals surface area contributed by atoms with Crippen LogP contribution in [0.4, 0.5) is 0 Å². The number of aryl methyl sites for hydroxylation is 1. The molecular weight excluding hydrogens is 282 g/mol. The Kier molecular flexibility index (Phi) is 4.77. The topological polar surface area (TPSA) is 90.3 Å². The molecule has 0 spiro atoms. The van der Waals surface area contributed by atoms with Crippen molar-refractivity contribution in [3.8, 4) is 0 Å². The van der Waals surface area contributed by atoms with E-state index in [9.17, 15) is 13.2 Å². The van der Waals surface area contributed by atoms with Crippen LogP contribution in [0.25, 0.3) is 0 Å². The first-order valence-corrected chi connectivity index (χ1v) is 8.22. The lowest BCUT2D eigenvalue weighted by Crippen LogP contribution is -2.38. The summed E-state index contributed by atoms with van der Waals surface area (Å²) in [6, 6.07) is 0. The van der Waals surface area contributed by atoms with Crippen molar-refractivity contribution in [2.75, 3.05) is 12.4 Å². The van der Waals surface area contributed by atoms with Crippen LogP contribution in [0, 0.1) is 0 Å². The van der Waals surface area contributed by atoms with E-state index in [1.807, 2.05) is 0 Å². The van der Waals surface area contributed by atoms with Crippen LogP contribution in [-0.4, -0.2) is 42.6 Å². The maximum Gasteiger partial charge on any atom is 0.237 e. The molecular formula is C12H19N3O4S. The van der Waals surface area contributed by atoms with Crippen LogP contribution in [0.5, 0.6) is 0 Å². The van der Waals surface area contributed by atoms with Crippen molar-refractivity contribution in [2.45, 2.75) is 31.8 Å². The van der Waals surface area contributed by atoms with Crippen molar-refractivity contribution in [2.24, 2.45) is 7.05 Å². The number of amides is 1. The molecule has 1 amide bonds. The summed E-state index contributed by atoms with van der Waals surface area (Å²) in [5.41, 5.74) is 0.675. The number of nitrogens with one attached hydrogen (secondary N) is 1. The molecule has 1 N–H and O–H groups in total. The number of ether oxygens (including phenoxy) is 1. The maximum atomic E-state index is 11.9. The molecule has 112 valence electrons. The Bertz CT molecular complexity index is 561. The normalized spacial score (nSPS) is 19.8. The van der Waals surface area contributed by atoms with Crippen molar-refractivity contribution >= 4 is 15.9 Å². The number of nitrogens with zero attached hydrogens (tertiary/aromatic N) is 2. The number of hydrogen-bond acceptors (Lipinski definition) is 5. The van der Waals surface area contributed by atoms with Gasteiger partial charge in [-0.2, -0.15) is 5.10 Å². The molecule has 20 heavy (non-hydrogen) atoms. The fraction of sp³-hybridized carbons (Fsp3) is 0.667. The molecule has 1 aromatic rings. The number of aromatic nitrogens is 2. The molecule has 0 radical (unpaired) electrons. The molecule has 2 heterocycles. The van der Waals surface area contributed by atoms with Crippen molar-refractivity contribution < 1.29 is 17.9 Å². The lowest BCUT2D eigenvalue weighted by atomic mass is 10.1. The number of carbonyl (C=O) groups excluding carboxylic acids is 1. The Hall–Kier alpha value is -1.41. The Balaban J connectivity index is 1.85. The van der Waals surface area contributed by atoms with Gasteiger partial charge in [-0.1, -0.05) is 0 Å². The number of sulfonamides is 1. The van der Waals surface area contributed by atoms with Crippen LogP contribution in [0.15, 0.2) is 12.4 Å². The second-order valence-corrected chi connectivity index (χ2v) is 6.76. The molecule has 8 heteroatoms. The van der Waals surface area contributed by atoms with Crippen molar-refractivity contribution in [1.29, 1.82) is 0 Å². The highest BCUT2D eigenvalue weighted by atomic mass is 32.2. The van der Waals surface area contributed by atoms with E-state index in [4.69, 9.17) is 4.74 Å². The van der Waals surface area contributed by atoms with Gasteiger partial charge in [-0.15, -0.1) is 0 Å². The summed E-state index contributed by atoms with van der Waals surface area (Å²) in [6.45, 7) is 0.587. The zero-order valence-corrected chi connectivity index (χ0v) is 12.2. The van der Waals surface area contributed by atoms with E-state index < -0.39 is 15.9 Å². The SMILES string of the molecule is Cn1cc(CC(=O)NS(=O)(=O)CC2CCCCO2)cn1. The molecule has 0 aromatic carbocycles. The third-order valence-electron chi connectivity index (χ3n) is 3.07. The molecule has 1 unspecified atom stereocenters. The predicted octanol–water partition coefficient (Wildman–Crippen LogP) is -0.0223. The quantitative estimate of drug-likeness (QED) is 0.825. The number of hydrogen-bond donors (Lipinski definition) is 1. The van der Waals surface area contributed by atoms with Gasteiger partial charge in [-0.25, -0.2) is 8.42 Å². The fourth-order valence-corrected chi connectivity index (χ4v) is 3.44. The molecule has 1 saturated heterocycles. The van der Waals surface area contributed by atoms with Crippen LogP contribution < -0.4 is 4.72 Å². The summed E-state index contributed by atoms with van der Waals surface area (Å²) in [7, 11) is -1.91. The van der Waals surface area contributed by atoms with Gasteiger partial charge in [0.1, 0.15) is 0 Å². The average Bonchev–Trinajstić information content (AvgIpc) is 2.74. The molecule has 1 fully saturated rings. The summed E-state index contributed by atoms with van der Waals surface area (Å²) in [4.78, 5) is 11.7. The van der Waals surface area contributed by atoms with Crippen molar-refractivity contribution in [3.63, 3.8) is 0 Å². The summed E-state index contributed by atoms with van der Waals surface area (Å²) in [5.74, 6) is -0.708. The molecule has 1 aliphatic rings. The summed E-state index contributed by atoms with van der Waals surface area (Å²) < 4.78 is 32.8. The first-order chi connectivity index (χ1) is 9.44. The zero-order valence-electron chi connectivity index (χ0n) is 11.4. The van der Waals surface area contributed by atoms with Crippen LogP contribution in [-0.2, 0) is 33.0 Å². The first-order valence-electron chi connectivity index (χ1n) is 6.57. The minimum Gasteiger partial charge on any atom is -0.377 e. The number of rotatable bonds is 5. The fourth-order valence-electron chi connectivity index (χ4n) is 2.18. The van der Waals surface area contributed by atoms with Crippen LogP contribution in [0.1, 0.15) is 24.8 Å². The standard InChI is InChI=1S/C12H19N3O4S/c1-15-8-10(7-13-15)6-12(16)14-20(17,18)9-11-4-2-3-5-19-11/h7-8,11H,2-6,9H2,1H3,(H,14,16). The van der Waals surface area contributed by atoms with Crippen LogP contribution in [0.2, 0.25) is 0 Å². The van der Waals surface area contributed by atoms with Crippen molar-refractivity contribution in [3.05, 3.63) is 18.0 Å². The van der Waals surface area contributed by atoms with E-state index in [0.29, 0.717) is 12.2 Å². The minimum absolute atomic E-state index is 0.00140. The summed E-state index contributed by atoms with van der Waals surface area (Å²) >= 11 is 0. The molecule has 1 aliphatic heterocycles. The van der Waals surface area contributed by atoms with Crippen molar-refractivity contribution in [1.82, 2.24) is 14.5 Å². The van der Waals surface area contributed by atoms with Crippen LogP contribution in [0.3, 0.4) is 0 Å². The van der Waals surface area contributed by atoms with E-state index in [2.05, 4.69) is 9.82 Å². The summed E-state index contributed by atoms with van der Waals surface area (Å²) in [6.07, 6.45) is 5.55.